The lowest BCUT2D eigenvalue weighted by molar-refractivity contribution is -0.121. The highest BCUT2D eigenvalue weighted by Gasteiger charge is 2.38. The van der Waals surface area contributed by atoms with Crippen molar-refractivity contribution in [3.8, 4) is 0 Å². The average Bonchev–Trinajstić information content (AvgIpc) is 2.41. The second-order valence-corrected chi connectivity index (χ2v) is 4.02. The first-order valence-corrected chi connectivity index (χ1v) is 5.41. The number of carbonyl (C=O) groups excluding carboxylic acids is 2. The van der Waals surface area contributed by atoms with E-state index in [1.807, 2.05) is 20.8 Å². The van der Waals surface area contributed by atoms with Crippen LogP contribution in [0.2, 0.25) is 0 Å². The van der Waals surface area contributed by atoms with Gasteiger partial charge in [-0.1, -0.05) is 0 Å². The van der Waals surface area contributed by atoms with Crippen LogP contribution in [0.1, 0.15) is 27.2 Å². The highest BCUT2D eigenvalue weighted by molar-refractivity contribution is 6.07. The molecule has 1 saturated heterocycles. The van der Waals surface area contributed by atoms with Gasteiger partial charge in [0.25, 0.3) is 0 Å². The molecule has 0 radical (unpaired) electrons. The van der Waals surface area contributed by atoms with E-state index in [9.17, 15) is 9.59 Å². The lowest BCUT2D eigenvalue weighted by Gasteiger charge is -2.25. The third-order valence-electron chi connectivity index (χ3n) is 2.45. The maximum atomic E-state index is 11.5. The Hall–Kier alpha value is -1.59. The average molecular weight is 226 g/mol. The topological polar surface area (TPSA) is 85.3 Å². The van der Waals surface area contributed by atoms with Crippen LogP contribution in [-0.4, -0.2) is 41.3 Å². The first-order chi connectivity index (χ1) is 7.47. The van der Waals surface area contributed by atoms with Crippen molar-refractivity contribution in [1.82, 2.24) is 15.5 Å². The van der Waals surface area contributed by atoms with Crippen LogP contribution < -0.4 is 10.6 Å². The molecule has 3 N–H and O–H groups in total. The van der Waals surface area contributed by atoms with Crippen LogP contribution in [0.3, 0.4) is 0 Å². The van der Waals surface area contributed by atoms with Gasteiger partial charge in [-0.05, 0) is 20.8 Å². The molecular formula is C10H18N4O2. The van der Waals surface area contributed by atoms with Crippen LogP contribution in [-0.2, 0) is 4.79 Å². The molecule has 0 aromatic rings. The van der Waals surface area contributed by atoms with E-state index in [-0.39, 0.29) is 30.2 Å². The van der Waals surface area contributed by atoms with Gasteiger partial charge >= 0.3 is 6.03 Å². The van der Waals surface area contributed by atoms with Crippen LogP contribution in [0.25, 0.3) is 0 Å². The zero-order valence-corrected chi connectivity index (χ0v) is 9.83. The molecule has 1 unspecified atom stereocenters. The number of nitrogens with one attached hydrogen (secondary N) is 3. The Labute approximate surface area is 94.9 Å². The van der Waals surface area contributed by atoms with Gasteiger partial charge < -0.3 is 10.2 Å². The van der Waals surface area contributed by atoms with Gasteiger partial charge in [-0.3, -0.25) is 15.5 Å². The Morgan fingerprint density at radius 3 is 2.75 bits per heavy atom. The standard InChI is InChI=1S/C10H18N4O2/c1-4-12-8(15)5-7-9(11)13-10(16)14(7)6(2)3/h6-7H,4-5H2,1-3H3,(H,12,15)(H2,11,13,16). The predicted octanol–water partition coefficient (Wildman–Crippen LogP) is 0.292. The summed E-state index contributed by atoms with van der Waals surface area (Å²) >= 11 is 0. The smallest absolute Gasteiger partial charge is 0.323 e. The summed E-state index contributed by atoms with van der Waals surface area (Å²) in [5, 5.41) is 12.7. The third-order valence-corrected chi connectivity index (χ3v) is 2.45. The number of amides is 3. The monoisotopic (exact) mass is 226 g/mol. The van der Waals surface area contributed by atoms with Crippen molar-refractivity contribution in [1.29, 1.82) is 5.41 Å². The van der Waals surface area contributed by atoms with Gasteiger partial charge in [0.2, 0.25) is 5.91 Å². The van der Waals surface area contributed by atoms with Crippen LogP contribution in [0.15, 0.2) is 0 Å². The van der Waals surface area contributed by atoms with Gasteiger partial charge in [-0.15, -0.1) is 0 Å². The Morgan fingerprint density at radius 1 is 1.62 bits per heavy atom. The summed E-state index contributed by atoms with van der Waals surface area (Å²) in [6.45, 7) is 6.12. The van der Waals surface area contributed by atoms with Gasteiger partial charge in [0.1, 0.15) is 11.9 Å². The minimum Gasteiger partial charge on any atom is -0.356 e. The molecule has 1 fully saturated rings. The molecule has 0 saturated carbocycles. The van der Waals surface area contributed by atoms with Gasteiger partial charge in [0.05, 0.1) is 6.42 Å². The van der Waals surface area contributed by atoms with E-state index in [2.05, 4.69) is 10.6 Å². The fraction of sp³-hybridized carbons (Fsp3) is 0.700. The summed E-state index contributed by atoms with van der Waals surface area (Å²) in [4.78, 5) is 24.5. The fourth-order valence-corrected chi connectivity index (χ4v) is 1.78. The number of hydrogen-bond acceptors (Lipinski definition) is 3. The molecule has 1 rings (SSSR count). The van der Waals surface area contributed by atoms with Crippen LogP contribution in [0.4, 0.5) is 4.79 Å². The number of nitrogens with zero attached hydrogens (tertiary/aromatic N) is 1. The fourth-order valence-electron chi connectivity index (χ4n) is 1.78. The highest BCUT2D eigenvalue weighted by atomic mass is 16.2. The van der Waals surface area contributed by atoms with Crippen LogP contribution in [0, 0.1) is 5.41 Å². The highest BCUT2D eigenvalue weighted by Crippen LogP contribution is 2.15. The maximum absolute atomic E-state index is 11.5. The summed E-state index contributed by atoms with van der Waals surface area (Å²) in [6, 6.07) is -0.782. The van der Waals surface area contributed by atoms with E-state index >= 15 is 0 Å². The molecule has 1 aliphatic rings. The molecule has 16 heavy (non-hydrogen) atoms. The largest absolute Gasteiger partial charge is 0.356 e. The Bertz CT molecular complexity index is 314. The summed E-state index contributed by atoms with van der Waals surface area (Å²) in [5.41, 5.74) is 0. The van der Waals surface area contributed by atoms with Crippen molar-refractivity contribution in [2.24, 2.45) is 0 Å². The Kier molecular flexibility index (Phi) is 3.87. The minimum atomic E-state index is -0.459. The number of amidine groups is 1. The molecule has 6 nitrogen and oxygen atoms in total. The van der Waals surface area contributed by atoms with Crippen molar-refractivity contribution >= 4 is 17.8 Å². The molecule has 3 amide bonds. The number of rotatable bonds is 4. The van der Waals surface area contributed by atoms with Crippen molar-refractivity contribution in [3.63, 3.8) is 0 Å². The van der Waals surface area contributed by atoms with Crippen molar-refractivity contribution in [2.75, 3.05) is 6.54 Å². The first-order valence-electron chi connectivity index (χ1n) is 5.41. The lowest BCUT2D eigenvalue weighted by Crippen LogP contribution is -2.43. The summed E-state index contributed by atoms with van der Waals surface area (Å²) in [6.07, 6.45) is 0.142. The number of carbonyl (C=O) groups is 2. The summed E-state index contributed by atoms with van der Waals surface area (Å²) in [7, 11) is 0. The summed E-state index contributed by atoms with van der Waals surface area (Å²) in [5.74, 6) is -0.0376. The molecule has 1 atom stereocenters. The Balaban J connectivity index is 2.72. The van der Waals surface area contributed by atoms with Crippen molar-refractivity contribution < 1.29 is 9.59 Å². The number of hydrogen-bond donors (Lipinski definition) is 3. The van der Waals surface area contributed by atoms with Crippen molar-refractivity contribution in [3.05, 3.63) is 0 Å². The van der Waals surface area contributed by atoms with E-state index in [0.717, 1.165) is 0 Å². The second kappa shape index (κ2) is 4.96. The van der Waals surface area contributed by atoms with Crippen LogP contribution >= 0.6 is 0 Å². The van der Waals surface area contributed by atoms with Gasteiger partial charge in [0, 0.05) is 12.6 Å². The van der Waals surface area contributed by atoms with E-state index in [1.165, 1.54) is 4.90 Å². The first kappa shape index (κ1) is 12.5. The van der Waals surface area contributed by atoms with E-state index < -0.39 is 6.04 Å². The normalized spacial score (nSPS) is 20.2. The zero-order chi connectivity index (χ0) is 12.3. The predicted molar refractivity (Wildman–Crippen MR) is 60.3 cm³/mol. The lowest BCUT2D eigenvalue weighted by atomic mass is 10.1. The van der Waals surface area contributed by atoms with Gasteiger partial charge in [-0.2, -0.15) is 0 Å². The molecular weight excluding hydrogens is 208 g/mol. The van der Waals surface area contributed by atoms with Crippen LogP contribution in [0.5, 0.6) is 0 Å². The molecule has 1 heterocycles. The van der Waals surface area contributed by atoms with E-state index in [1.54, 1.807) is 0 Å². The van der Waals surface area contributed by atoms with Gasteiger partial charge in [0.15, 0.2) is 0 Å². The quantitative estimate of drug-likeness (QED) is 0.643. The third kappa shape index (κ3) is 2.50. The van der Waals surface area contributed by atoms with E-state index in [0.29, 0.717) is 6.54 Å². The number of urea groups is 1. The molecule has 1 aliphatic heterocycles. The van der Waals surface area contributed by atoms with Gasteiger partial charge in [-0.25, -0.2) is 4.79 Å². The molecule has 0 spiro atoms. The molecule has 0 aromatic carbocycles. The molecule has 6 heteroatoms. The minimum absolute atomic E-state index is 0.0257. The molecule has 90 valence electrons. The SMILES string of the molecule is CCNC(=O)CC1C(=N)NC(=O)N1C(C)C. The zero-order valence-electron chi connectivity index (χ0n) is 9.83. The molecule has 0 aromatic heterocycles. The maximum Gasteiger partial charge on any atom is 0.323 e. The van der Waals surface area contributed by atoms with E-state index in [4.69, 9.17) is 5.41 Å². The molecule has 0 bridgehead atoms. The summed E-state index contributed by atoms with van der Waals surface area (Å²) < 4.78 is 0. The second-order valence-electron chi connectivity index (χ2n) is 4.02. The Morgan fingerprint density at radius 2 is 2.25 bits per heavy atom. The van der Waals surface area contributed by atoms with Crippen molar-refractivity contribution in [2.45, 2.75) is 39.3 Å². The molecule has 0 aliphatic carbocycles.